The fourth-order valence-corrected chi connectivity index (χ4v) is 2.81. The highest BCUT2D eigenvalue weighted by Gasteiger charge is 2.33. The van der Waals surface area contributed by atoms with Gasteiger partial charge in [0.05, 0.1) is 10.6 Å². The minimum Gasteiger partial charge on any atom is -0.473 e. The molecule has 3 rings (SSSR count). The van der Waals surface area contributed by atoms with Gasteiger partial charge in [0, 0.05) is 30.7 Å². The molecule has 11 nitrogen and oxygen atoms in total. The van der Waals surface area contributed by atoms with E-state index >= 15 is 0 Å². The number of urea groups is 1. The minimum atomic E-state index is -4.64. The van der Waals surface area contributed by atoms with E-state index in [-0.39, 0.29) is 17.3 Å². The van der Waals surface area contributed by atoms with Gasteiger partial charge in [-0.1, -0.05) is 11.6 Å². The highest BCUT2D eigenvalue weighted by atomic mass is 35.5. The van der Waals surface area contributed by atoms with E-state index in [1.54, 1.807) is 30.3 Å². The van der Waals surface area contributed by atoms with E-state index < -0.39 is 34.7 Å². The average molecular weight is 555 g/mol. The monoisotopic (exact) mass is 554 g/mol. The molecule has 1 heterocycles. The number of aromatic nitrogens is 1. The highest BCUT2D eigenvalue weighted by molar-refractivity contribution is 6.31. The summed E-state index contributed by atoms with van der Waals surface area (Å²) in [6.07, 6.45) is -3.21. The van der Waals surface area contributed by atoms with E-state index in [0.717, 1.165) is 12.1 Å². The van der Waals surface area contributed by atoms with Crippen molar-refractivity contribution in [2.45, 2.75) is 6.18 Å². The normalized spacial score (nSPS) is 10.3. The van der Waals surface area contributed by atoms with Gasteiger partial charge in [0.15, 0.2) is 0 Å². The van der Waals surface area contributed by atoms with E-state index in [2.05, 4.69) is 20.9 Å². The Bertz CT molecular complexity index is 1320. The third-order valence-corrected chi connectivity index (χ3v) is 4.58. The maximum Gasteiger partial charge on any atom is 0.417 e. The van der Waals surface area contributed by atoms with Gasteiger partial charge >= 0.3 is 24.1 Å². The van der Waals surface area contributed by atoms with Crippen LogP contribution in [0, 0.1) is 0 Å². The van der Waals surface area contributed by atoms with Crippen LogP contribution in [0.1, 0.15) is 16.1 Å². The number of carbonyl (C=O) groups excluding carboxylic acids is 2. The number of anilines is 2. The number of alkyl halides is 3. The van der Waals surface area contributed by atoms with Crippen LogP contribution in [0.4, 0.5) is 29.3 Å². The van der Waals surface area contributed by atoms with Gasteiger partial charge in [0.2, 0.25) is 0 Å². The van der Waals surface area contributed by atoms with Gasteiger partial charge in [-0.2, -0.15) is 13.2 Å². The molecule has 0 bridgehead atoms. The Kier molecular flexibility index (Phi) is 9.98. The Morgan fingerprint density at radius 1 is 0.868 bits per heavy atom. The lowest BCUT2D eigenvalue weighted by atomic mass is 10.2. The first kappa shape index (κ1) is 29.4. The zero-order valence-corrected chi connectivity index (χ0v) is 19.9. The van der Waals surface area contributed by atoms with Crippen LogP contribution in [0.15, 0.2) is 60.8 Å². The van der Waals surface area contributed by atoms with Gasteiger partial charge in [-0.25, -0.2) is 14.4 Å². The molecule has 0 spiro atoms. The van der Waals surface area contributed by atoms with Crippen molar-refractivity contribution in [2.75, 3.05) is 17.7 Å². The molecule has 0 aliphatic heterocycles. The van der Waals surface area contributed by atoms with Crippen LogP contribution in [-0.2, 0) is 15.8 Å². The number of halogens is 4. The van der Waals surface area contributed by atoms with Crippen LogP contribution >= 0.6 is 11.6 Å². The number of hydrogen-bond donors (Lipinski definition) is 5. The van der Waals surface area contributed by atoms with Crippen LogP contribution in [-0.4, -0.2) is 46.1 Å². The Balaban J connectivity index is 0.000000757. The third kappa shape index (κ3) is 8.98. The van der Waals surface area contributed by atoms with E-state index in [4.69, 9.17) is 36.1 Å². The number of amides is 3. The van der Waals surface area contributed by atoms with Gasteiger partial charge in [0.25, 0.3) is 5.91 Å². The van der Waals surface area contributed by atoms with Crippen molar-refractivity contribution in [3.8, 4) is 11.5 Å². The van der Waals surface area contributed by atoms with Crippen LogP contribution < -0.4 is 20.7 Å². The molecule has 0 unspecified atom stereocenters. The quantitative estimate of drug-likeness (QED) is 0.283. The van der Waals surface area contributed by atoms with E-state index in [0.29, 0.717) is 17.2 Å². The molecule has 200 valence electrons. The maximum atomic E-state index is 12.9. The fraction of sp³-hybridized carbons (Fsp3) is 0.0870. The number of pyridine rings is 1. The molecule has 38 heavy (non-hydrogen) atoms. The molecule has 0 saturated heterocycles. The lowest BCUT2D eigenvalue weighted by Gasteiger charge is -2.12. The Hall–Kier alpha value is -4.85. The summed E-state index contributed by atoms with van der Waals surface area (Å²) >= 11 is 5.57. The number of hydrogen-bond acceptors (Lipinski definition) is 6. The Morgan fingerprint density at radius 3 is 2.00 bits per heavy atom. The summed E-state index contributed by atoms with van der Waals surface area (Å²) in [5.74, 6) is -3.19. The number of carboxylic acids is 2. The molecule has 2 aromatic carbocycles. The van der Waals surface area contributed by atoms with Crippen LogP contribution in [0.3, 0.4) is 0 Å². The predicted molar refractivity (Wildman–Crippen MR) is 129 cm³/mol. The molecule has 0 fully saturated rings. The van der Waals surface area contributed by atoms with Crippen molar-refractivity contribution in [3.63, 3.8) is 0 Å². The zero-order chi connectivity index (χ0) is 28.5. The van der Waals surface area contributed by atoms with Gasteiger partial charge in [-0.05, 0) is 48.5 Å². The average Bonchev–Trinajstić information content (AvgIpc) is 2.85. The third-order valence-electron chi connectivity index (χ3n) is 4.25. The van der Waals surface area contributed by atoms with Gasteiger partial charge < -0.3 is 30.9 Å². The van der Waals surface area contributed by atoms with Crippen LogP contribution in [0.2, 0.25) is 5.02 Å². The molecule has 5 N–H and O–H groups in total. The fourth-order valence-electron chi connectivity index (χ4n) is 2.58. The molecule has 0 aliphatic rings. The molecule has 15 heteroatoms. The van der Waals surface area contributed by atoms with Crippen LogP contribution in [0.25, 0.3) is 0 Å². The molecule has 0 aliphatic carbocycles. The van der Waals surface area contributed by atoms with Crippen molar-refractivity contribution < 1.29 is 47.3 Å². The number of benzene rings is 2. The van der Waals surface area contributed by atoms with Crippen molar-refractivity contribution in [1.29, 1.82) is 0 Å². The number of nitrogens with one attached hydrogen (secondary N) is 3. The summed E-state index contributed by atoms with van der Waals surface area (Å²) < 4.78 is 44.5. The summed E-state index contributed by atoms with van der Waals surface area (Å²) in [5, 5.41) is 21.6. The standard InChI is InChI=1S/C21H16ClF3N4O3.C2H2O4/c1-26-19(30)18-11-15(8-9-27-18)32-14-5-2-12(3-6-14)28-20(31)29-13-4-7-17(22)16(10-13)21(23,24)25;3-1(4)2(5)6/h2-11H,1H3,(H,26,30)(H2,28,29,31);(H,3,4)(H,5,6). The van der Waals surface area contributed by atoms with Crippen molar-refractivity contribution in [3.05, 3.63) is 77.1 Å². The van der Waals surface area contributed by atoms with E-state index in [1.165, 1.54) is 25.4 Å². The minimum absolute atomic E-state index is 0.0659. The Morgan fingerprint density at radius 2 is 1.45 bits per heavy atom. The first-order valence-electron chi connectivity index (χ1n) is 10.2. The molecular weight excluding hydrogens is 537 g/mol. The maximum absolute atomic E-state index is 12.9. The lowest BCUT2D eigenvalue weighted by molar-refractivity contribution is -0.159. The largest absolute Gasteiger partial charge is 0.473 e. The first-order chi connectivity index (χ1) is 17.8. The second-order valence-corrected chi connectivity index (χ2v) is 7.37. The molecular formula is C23H18ClF3N4O7. The number of rotatable bonds is 5. The number of nitrogens with zero attached hydrogens (tertiary/aromatic N) is 1. The lowest BCUT2D eigenvalue weighted by Crippen LogP contribution is -2.19. The Labute approximate surface area is 217 Å². The first-order valence-corrected chi connectivity index (χ1v) is 10.5. The molecule has 1 aromatic heterocycles. The molecule has 0 atom stereocenters. The second kappa shape index (κ2) is 12.9. The van der Waals surface area contributed by atoms with Crippen molar-refractivity contribution in [1.82, 2.24) is 10.3 Å². The van der Waals surface area contributed by atoms with Gasteiger partial charge in [-0.3, -0.25) is 9.78 Å². The van der Waals surface area contributed by atoms with E-state index in [1.807, 2.05) is 0 Å². The summed E-state index contributed by atoms with van der Waals surface area (Å²) in [7, 11) is 1.49. The topological polar surface area (TPSA) is 167 Å². The predicted octanol–water partition coefficient (Wildman–Crippen LogP) is 4.71. The SMILES string of the molecule is CNC(=O)c1cc(Oc2ccc(NC(=O)Nc3ccc(Cl)c(C(F)(F)F)c3)cc2)ccn1.O=C(O)C(=O)O. The number of carboxylic acid groups (broad SMARTS) is 2. The second-order valence-electron chi connectivity index (χ2n) is 6.96. The van der Waals surface area contributed by atoms with Crippen molar-refractivity contribution >= 4 is 46.9 Å². The summed E-state index contributed by atoms with van der Waals surface area (Å²) in [6.45, 7) is 0. The van der Waals surface area contributed by atoms with Crippen LogP contribution in [0.5, 0.6) is 11.5 Å². The number of ether oxygens (including phenoxy) is 1. The van der Waals surface area contributed by atoms with Gasteiger partial charge in [0.1, 0.15) is 17.2 Å². The highest BCUT2D eigenvalue weighted by Crippen LogP contribution is 2.36. The molecule has 0 radical (unpaired) electrons. The summed E-state index contributed by atoms with van der Waals surface area (Å²) in [6, 6.07) is 11.6. The zero-order valence-electron chi connectivity index (χ0n) is 19.2. The number of carbonyl (C=O) groups is 4. The summed E-state index contributed by atoms with van der Waals surface area (Å²) in [5.41, 5.74) is -0.547. The number of aliphatic carboxylic acids is 2. The molecule has 3 amide bonds. The van der Waals surface area contributed by atoms with Crippen molar-refractivity contribution in [2.24, 2.45) is 0 Å². The van der Waals surface area contributed by atoms with E-state index in [9.17, 15) is 22.8 Å². The smallest absolute Gasteiger partial charge is 0.417 e. The molecule has 0 saturated carbocycles. The summed E-state index contributed by atoms with van der Waals surface area (Å²) in [4.78, 5) is 45.9. The van der Waals surface area contributed by atoms with Gasteiger partial charge in [-0.15, -0.1) is 0 Å². The molecule has 3 aromatic rings.